The molecule has 0 bridgehead atoms. The van der Waals surface area contributed by atoms with Gasteiger partial charge >= 0.3 is 0 Å². The molecule has 5 nitrogen and oxygen atoms in total. The summed E-state index contributed by atoms with van der Waals surface area (Å²) < 4.78 is 8.01. The van der Waals surface area contributed by atoms with Crippen LogP contribution in [0, 0.1) is 11.7 Å². The van der Waals surface area contributed by atoms with Gasteiger partial charge in [-0.3, -0.25) is 10.00 Å². The lowest BCUT2D eigenvalue weighted by atomic mass is 10.1. The van der Waals surface area contributed by atoms with Crippen molar-refractivity contribution in [2.45, 2.75) is 32.9 Å². The first-order valence-corrected chi connectivity index (χ1v) is 7.75. The largest absolute Gasteiger partial charge is 0.462 e. The molecule has 3 heterocycles. The van der Waals surface area contributed by atoms with E-state index in [4.69, 9.17) is 16.6 Å². The summed E-state index contributed by atoms with van der Waals surface area (Å²) in [6.07, 6.45) is 7.66. The van der Waals surface area contributed by atoms with Crippen molar-refractivity contribution in [2.75, 3.05) is 13.1 Å². The number of H-pyrrole nitrogens is 1. The molecule has 0 unspecified atom stereocenters. The van der Waals surface area contributed by atoms with Gasteiger partial charge < -0.3 is 4.42 Å². The van der Waals surface area contributed by atoms with Crippen LogP contribution in [0.4, 0.5) is 0 Å². The zero-order valence-electron chi connectivity index (χ0n) is 12.2. The molecular formula is C15H20N4OS. The SMILES string of the molecule is Cc1ccc(/C=C/c2nc(=S)n(CN3CCCCC3)[nH]2)o1. The Kier molecular flexibility index (Phi) is 4.36. The molecule has 0 aromatic carbocycles. The molecular weight excluding hydrogens is 284 g/mol. The first kappa shape index (κ1) is 14.3. The maximum absolute atomic E-state index is 5.49. The number of rotatable bonds is 4. The van der Waals surface area contributed by atoms with Crippen LogP contribution in [0.3, 0.4) is 0 Å². The number of furan rings is 1. The van der Waals surface area contributed by atoms with Gasteiger partial charge in [-0.05, 0) is 69.4 Å². The lowest BCUT2D eigenvalue weighted by Gasteiger charge is -2.26. The predicted molar refractivity (Wildman–Crippen MR) is 85.2 cm³/mol. The van der Waals surface area contributed by atoms with Crippen LogP contribution in [0.25, 0.3) is 12.2 Å². The molecule has 2 aromatic heterocycles. The van der Waals surface area contributed by atoms with Crippen molar-refractivity contribution in [1.29, 1.82) is 0 Å². The van der Waals surface area contributed by atoms with Crippen molar-refractivity contribution in [3.63, 3.8) is 0 Å². The number of aromatic amines is 1. The van der Waals surface area contributed by atoms with E-state index in [9.17, 15) is 0 Å². The molecule has 6 heteroatoms. The van der Waals surface area contributed by atoms with Gasteiger partial charge in [-0.1, -0.05) is 6.42 Å². The first-order chi connectivity index (χ1) is 10.2. The standard InChI is InChI=1S/C15H20N4OS/c1-12-5-6-13(20-12)7-8-14-16-15(21)19(17-14)11-18-9-3-2-4-10-18/h5-8H,2-4,9-11H2,1H3,(H,16,17,21)/b8-7+. The van der Waals surface area contributed by atoms with Crippen LogP contribution in [0.2, 0.25) is 0 Å². The average molecular weight is 304 g/mol. The van der Waals surface area contributed by atoms with Crippen LogP contribution in [-0.4, -0.2) is 32.8 Å². The first-order valence-electron chi connectivity index (χ1n) is 7.34. The van der Waals surface area contributed by atoms with E-state index in [0.717, 1.165) is 37.1 Å². The van der Waals surface area contributed by atoms with Gasteiger partial charge in [0.15, 0.2) is 0 Å². The molecule has 1 aliphatic rings. The third kappa shape index (κ3) is 3.71. The lowest BCUT2D eigenvalue weighted by molar-refractivity contribution is 0.172. The minimum atomic E-state index is 0.593. The quantitative estimate of drug-likeness (QED) is 0.879. The summed E-state index contributed by atoms with van der Waals surface area (Å²) in [6, 6.07) is 3.88. The molecule has 0 spiro atoms. The zero-order valence-corrected chi connectivity index (χ0v) is 13.0. The predicted octanol–water partition coefficient (Wildman–Crippen LogP) is 3.46. The van der Waals surface area contributed by atoms with Crippen molar-refractivity contribution < 1.29 is 4.42 Å². The Morgan fingerprint density at radius 1 is 1.29 bits per heavy atom. The highest BCUT2D eigenvalue weighted by Crippen LogP contribution is 2.11. The number of nitrogens with zero attached hydrogens (tertiary/aromatic N) is 3. The van der Waals surface area contributed by atoms with Crippen LogP contribution in [0.5, 0.6) is 0 Å². The molecule has 112 valence electrons. The Labute approximate surface area is 129 Å². The molecule has 2 aromatic rings. The third-order valence-electron chi connectivity index (χ3n) is 3.65. The van der Waals surface area contributed by atoms with E-state index in [-0.39, 0.29) is 0 Å². The van der Waals surface area contributed by atoms with Crippen molar-refractivity contribution in [3.8, 4) is 0 Å². The molecule has 0 aliphatic carbocycles. The highest BCUT2D eigenvalue weighted by molar-refractivity contribution is 7.71. The van der Waals surface area contributed by atoms with Gasteiger partial charge in [0.2, 0.25) is 4.77 Å². The maximum atomic E-state index is 5.49. The summed E-state index contributed by atoms with van der Waals surface area (Å²) in [5, 5.41) is 3.24. The number of aryl methyl sites for hydroxylation is 1. The fourth-order valence-corrected chi connectivity index (χ4v) is 2.75. The Morgan fingerprint density at radius 2 is 2.10 bits per heavy atom. The number of likely N-dealkylation sites (tertiary alicyclic amines) is 1. The summed E-state index contributed by atoms with van der Waals surface area (Å²) in [7, 11) is 0. The number of hydrogen-bond donors (Lipinski definition) is 1. The molecule has 1 fully saturated rings. The van der Waals surface area contributed by atoms with E-state index in [1.165, 1.54) is 19.3 Å². The second-order valence-corrected chi connectivity index (χ2v) is 5.79. The summed E-state index contributed by atoms with van der Waals surface area (Å²) in [5.74, 6) is 2.47. The Morgan fingerprint density at radius 3 is 2.81 bits per heavy atom. The van der Waals surface area contributed by atoms with Crippen molar-refractivity contribution in [1.82, 2.24) is 19.7 Å². The molecule has 0 atom stereocenters. The Bertz CT molecular complexity index is 676. The molecule has 21 heavy (non-hydrogen) atoms. The minimum Gasteiger partial charge on any atom is -0.462 e. The van der Waals surface area contributed by atoms with Gasteiger partial charge in [0, 0.05) is 0 Å². The summed E-state index contributed by atoms with van der Waals surface area (Å²) >= 11 is 5.31. The van der Waals surface area contributed by atoms with Crippen LogP contribution in [0.15, 0.2) is 16.5 Å². The van der Waals surface area contributed by atoms with Gasteiger partial charge in [0.05, 0.1) is 6.67 Å². The molecule has 1 N–H and O–H groups in total. The van der Waals surface area contributed by atoms with E-state index in [0.29, 0.717) is 4.77 Å². The van der Waals surface area contributed by atoms with Gasteiger partial charge in [-0.2, -0.15) is 4.98 Å². The van der Waals surface area contributed by atoms with Gasteiger partial charge in [-0.15, -0.1) is 0 Å². The number of hydrogen-bond acceptors (Lipinski definition) is 4. The maximum Gasteiger partial charge on any atom is 0.217 e. The van der Waals surface area contributed by atoms with E-state index in [1.807, 2.05) is 35.9 Å². The second-order valence-electron chi connectivity index (χ2n) is 5.42. The average Bonchev–Trinajstić information content (AvgIpc) is 3.04. The van der Waals surface area contributed by atoms with Crippen molar-refractivity contribution in [2.24, 2.45) is 0 Å². The highest BCUT2D eigenvalue weighted by Gasteiger charge is 2.11. The monoisotopic (exact) mass is 304 g/mol. The van der Waals surface area contributed by atoms with Crippen LogP contribution in [0.1, 0.15) is 36.6 Å². The van der Waals surface area contributed by atoms with E-state index in [2.05, 4.69) is 15.0 Å². The van der Waals surface area contributed by atoms with Gasteiger partial charge in [0.25, 0.3) is 0 Å². The Hall–Kier alpha value is -1.66. The second kappa shape index (κ2) is 6.41. The summed E-state index contributed by atoms with van der Waals surface area (Å²) in [5.41, 5.74) is 0. The molecule has 0 radical (unpaired) electrons. The smallest absolute Gasteiger partial charge is 0.217 e. The lowest BCUT2D eigenvalue weighted by Crippen LogP contribution is -2.32. The molecule has 3 rings (SSSR count). The van der Waals surface area contributed by atoms with Crippen LogP contribution >= 0.6 is 12.2 Å². The minimum absolute atomic E-state index is 0.593. The number of aromatic nitrogens is 3. The Balaban J connectivity index is 1.68. The van der Waals surface area contributed by atoms with Crippen LogP contribution in [-0.2, 0) is 6.67 Å². The summed E-state index contributed by atoms with van der Waals surface area (Å²) in [4.78, 5) is 6.77. The fraction of sp³-hybridized carbons (Fsp3) is 0.467. The molecule has 1 saturated heterocycles. The molecule has 1 aliphatic heterocycles. The number of nitrogens with one attached hydrogen (secondary N) is 1. The summed E-state index contributed by atoms with van der Waals surface area (Å²) in [6.45, 7) is 4.99. The van der Waals surface area contributed by atoms with Crippen molar-refractivity contribution >= 4 is 24.4 Å². The van der Waals surface area contributed by atoms with E-state index >= 15 is 0 Å². The van der Waals surface area contributed by atoms with Gasteiger partial charge in [0.1, 0.15) is 17.3 Å². The number of piperidine rings is 1. The third-order valence-corrected chi connectivity index (χ3v) is 3.96. The van der Waals surface area contributed by atoms with Gasteiger partial charge in [-0.25, -0.2) is 4.68 Å². The normalized spacial score (nSPS) is 16.8. The highest BCUT2D eigenvalue weighted by atomic mass is 32.1. The molecule has 0 saturated carbocycles. The van der Waals surface area contributed by atoms with Crippen LogP contribution < -0.4 is 0 Å². The van der Waals surface area contributed by atoms with Crippen molar-refractivity contribution in [3.05, 3.63) is 34.2 Å². The van der Waals surface area contributed by atoms with E-state index < -0.39 is 0 Å². The fourth-order valence-electron chi connectivity index (χ4n) is 2.55. The molecule has 0 amide bonds. The zero-order chi connectivity index (χ0) is 14.7. The van der Waals surface area contributed by atoms with E-state index in [1.54, 1.807) is 0 Å². The topological polar surface area (TPSA) is 50.0 Å².